The van der Waals surface area contributed by atoms with Gasteiger partial charge in [0.15, 0.2) is 23.0 Å². The minimum Gasteiger partial charge on any atom is -0.476 e. The van der Waals surface area contributed by atoms with Crippen molar-refractivity contribution in [3.8, 4) is 11.6 Å². The Bertz CT molecular complexity index is 1560. The summed E-state index contributed by atoms with van der Waals surface area (Å²) in [6.45, 7) is 2.43. The minimum absolute atomic E-state index is 0.0863. The molecule has 1 aliphatic heterocycles. The van der Waals surface area contributed by atoms with Gasteiger partial charge >= 0.3 is 13.7 Å². The second-order valence-corrected chi connectivity index (χ2v) is 13.4. The number of nitrogens with two attached hydrogens (primary N) is 1. The summed E-state index contributed by atoms with van der Waals surface area (Å²) in [4.78, 5) is 25.4. The van der Waals surface area contributed by atoms with Crippen molar-refractivity contribution in [1.82, 2.24) is 24.6 Å². The normalized spacial score (nSPS) is 27.3. The summed E-state index contributed by atoms with van der Waals surface area (Å²) in [7, 11) is -4.48. The number of alkyl halides is 1. The van der Waals surface area contributed by atoms with Gasteiger partial charge in [-0.05, 0) is 58.6 Å². The van der Waals surface area contributed by atoms with Crippen LogP contribution in [0, 0.1) is 0 Å². The van der Waals surface area contributed by atoms with Gasteiger partial charge in [0.1, 0.15) is 36.3 Å². The van der Waals surface area contributed by atoms with E-state index in [0.29, 0.717) is 0 Å². The molecule has 1 aliphatic carbocycles. The molecule has 3 aromatic rings. The van der Waals surface area contributed by atoms with Crippen LogP contribution in [0.25, 0.3) is 11.2 Å². The number of aromatic nitrogens is 4. The monoisotopic (exact) mass is 666 g/mol. The quantitative estimate of drug-likeness (QED) is 0.153. The Morgan fingerprint density at radius 3 is 2.65 bits per heavy atom. The number of fused-ring (bicyclic) bond motifs is 1. The van der Waals surface area contributed by atoms with Crippen molar-refractivity contribution in [2.24, 2.45) is 0 Å². The summed E-state index contributed by atoms with van der Waals surface area (Å²) >= 11 is 0. The number of hydrogen-bond acceptors (Lipinski definition) is 13. The molecule has 17 heteroatoms. The molecule has 0 amide bonds. The molecule has 0 radical (unpaired) electrons. The summed E-state index contributed by atoms with van der Waals surface area (Å²) in [6.07, 6.45) is 2.05. The zero-order valence-electron chi connectivity index (χ0n) is 25.9. The van der Waals surface area contributed by atoms with Crippen molar-refractivity contribution >= 4 is 30.8 Å². The zero-order valence-corrected chi connectivity index (χ0v) is 26.8. The van der Waals surface area contributed by atoms with Gasteiger partial charge in [-0.25, -0.2) is 13.9 Å². The second kappa shape index (κ2) is 13.8. The van der Waals surface area contributed by atoms with E-state index in [0.717, 1.165) is 32.1 Å². The number of nitrogens with one attached hydrogen (secondary N) is 1. The lowest BCUT2D eigenvalue weighted by atomic mass is 9.88. The van der Waals surface area contributed by atoms with Crippen LogP contribution in [0.4, 0.5) is 10.3 Å². The number of aliphatic hydroxyl groups excluding tert-OH is 1. The largest absolute Gasteiger partial charge is 0.476 e. The highest BCUT2D eigenvalue weighted by molar-refractivity contribution is 7.52. The van der Waals surface area contributed by atoms with Crippen LogP contribution in [0.3, 0.4) is 0 Å². The number of hydrogen-bond donors (Lipinski definition) is 4. The van der Waals surface area contributed by atoms with Gasteiger partial charge in [-0.3, -0.25) is 13.9 Å². The number of imidazole rings is 1. The number of carbonyl (C=O) groups is 1. The molecule has 6 atom stereocenters. The number of halogens is 1. The van der Waals surface area contributed by atoms with Gasteiger partial charge in [0, 0.05) is 0 Å². The van der Waals surface area contributed by atoms with E-state index in [9.17, 15) is 24.0 Å². The molecule has 1 saturated heterocycles. The number of nitrogens with zero attached hydrogens (tertiary/aromatic N) is 4. The average Bonchev–Trinajstić information content (AvgIpc) is 3.53. The first-order chi connectivity index (χ1) is 21.9. The maximum atomic E-state index is 15.0. The van der Waals surface area contributed by atoms with E-state index in [1.54, 1.807) is 25.1 Å². The summed E-state index contributed by atoms with van der Waals surface area (Å²) in [6, 6.07) is 6.88. The number of para-hydroxylation sites is 1. The highest BCUT2D eigenvalue weighted by Gasteiger charge is 2.63. The molecular weight excluding hydrogens is 626 g/mol. The SMILES string of the molecule is CCOc1nc(N)nc2c1ncn2[C@@H]1O[C@](CF)(COP(=O)(NC(C)C(=O)OC2CCCCC2)Oc2ccccc2)[C@@H](O)[C@@]1(C)O. The van der Waals surface area contributed by atoms with E-state index >= 15 is 0 Å². The van der Waals surface area contributed by atoms with Crippen LogP contribution < -0.4 is 20.1 Å². The minimum atomic E-state index is -4.48. The molecular formula is C29H40FN6O9P. The lowest BCUT2D eigenvalue weighted by Crippen LogP contribution is -2.53. The van der Waals surface area contributed by atoms with Crippen LogP contribution in [0.5, 0.6) is 11.6 Å². The fraction of sp³-hybridized carbons (Fsp3) is 0.586. The Morgan fingerprint density at radius 2 is 1.98 bits per heavy atom. The van der Waals surface area contributed by atoms with Crippen molar-refractivity contribution < 1.29 is 47.2 Å². The molecule has 2 fully saturated rings. The van der Waals surface area contributed by atoms with E-state index < -0.39 is 56.6 Å². The van der Waals surface area contributed by atoms with Crippen LogP contribution in [0.2, 0.25) is 0 Å². The van der Waals surface area contributed by atoms with Gasteiger partial charge in [0.25, 0.3) is 0 Å². The molecule has 15 nitrogen and oxygen atoms in total. The van der Waals surface area contributed by atoms with Crippen molar-refractivity contribution in [2.75, 3.05) is 25.6 Å². The Balaban J connectivity index is 1.40. The first-order valence-electron chi connectivity index (χ1n) is 15.2. The van der Waals surface area contributed by atoms with Crippen molar-refractivity contribution in [3.05, 3.63) is 36.7 Å². The van der Waals surface area contributed by atoms with Gasteiger partial charge in [-0.1, -0.05) is 24.6 Å². The van der Waals surface area contributed by atoms with Crippen LogP contribution in [-0.2, 0) is 23.4 Å². The number of nitrogen functional groups attached to an aromatic ring is 1. The first kappa shape index (κ1) is 33.9. The Morgan fingerprint density at radius 1 is 1.26 bits per heavy atom. The maximum Gasteiger partial charge on any atom is 0.459 e. The molecule has 252 valence electrons. The number of carbonyl (C=O) groups excluding carboxylic acids is 1. The Labute approximate surface area is 265 Å². The molecule has 2 aromatic heterocycles. The fourth-order valence-electron chi connectivity index (χ4n) is 5.63. The van der Waals surface area contributed by atoms with E-state index in [4.69, 9.17) is 29.0 Å². The van der Waals surface area contributed by atoms with Gasteiger partial charge in [0.2, 0.25) is 11.8 Å². The van der Waals surface area contributed by atoms with Crippen molar-refractivity contribution in [2.45, 2.75) is 88.6 Å². The van der Waals surface area contributed by atoms with E-state index in [-0.39, 0.29) is 41.5 Å². The predicted molar refractivity (Wildman–Crippen MR) is 163 cm³/mol. The molecule has 5 N–H and O–H groups in total. The van der Waals surface area contributed by atoms with Crippen molar-refractivity contribution in [1.29, 1.82) is 0 Å². The molecule has 1 saturated carbocycles. The third kappa shape index (κ3) is 6.97. The summed E-state index contributed by atoms with van der Waals surface area (Å²) < 4.78 is 58.9. The molecule has 3 heterocycles. The standard InChI is InChI=1S/C29H40FN6O9P/c1-4-41-23-21-22(33-27(31)34-23)36(17-32-21)26-28(3,39)25(38)29(15-30,44-26)16-42-46(40,45-20-13-9-6-10-14-20)35-18(2)24(37)43-19-11-7-5-8-12-19/h6,9-10,13-14,17-19,25-26,38-39H,4-5,7-8,11-12,15-16H2,1-3H3,(H,35,40)(H2,31,33,34)/t18?,25-,26+,28+,29+,46?/m0/s1. The van der Waals surface area contributed by atoms with Crippen molar-refractivity contribution in [3.63, 3.8) is 0 Å². The van der Waals surface area contributed by atoms with Gasteiger partial charge < -0.3 is 34.7 Å². The lowest BCUT2D eigenvalue weighted by Gasteiger charge is -2.32. The zero-order chi connectivity index (χ0) is 33.1. The molecule has 5 rings (SSSR count). The number of ether oxygens (including phenoxy) is 3. The number of benzene rings is 1. The predicted octanol–water partition coefficient (Wildman–Crippen LogP) is 3.21. The average molecular weight is 667 g/mol. The summed E-state index contributed by atoms with van der Waals surface area (Å²) in [5.41, 5.74) is 1.75. The van der Waals surface area contributed by atoms with E-state index in [1.807, 2.05) is 0 Å². The Kier molecular flexibility index (Phi) is 10.2. The summed E-state index contributed by atoms with van der Waals surface area (Å²) in [5.74, 6) is -0.599. The maximum absolute atomic E-state index is 15.0. The van der Waals surface area contributed by atoms with E-state index in [2.05, 4.69) is 20.0 Å². The van der Waals surface area contributed by atoms with Crippen LogP contribution >= 0.6 is 7.75 Å². The second-order valence-electron chi connectivity index (χ2n) is 11.7. The smallest absolute Gasteiger partial charge is 0.459 e. The Hall–Kier alpha value is -3.40. The van der Waals surface area contributed by atoms with Gasteiger partial charge in [-0.15, -0.1) is 0 Å². The van der Waals surface area contributed by atoms with Crippen LogP contribution in [0.1, 0.15) is 59.1 Å². The number of anilines is 1. The summed E-state index contributed by atoms with van der Waals surface area (Å²) in [5, 5.41) is 25.4. The molecule has 46 heavy (non-hydrogen) atoms. The van der Waals surface area contributed by atoms with E-state index in [1.165, 1.54) is 36.9 Å². The van der Waals surface area contributed by atoms with Gasteiger partial charge in [0.05, 0.1) is 19.5 Å². The number of rotatable bonds is 13. The highest BCUT2D eigenvalue weighted by Crippen LogP contribution is 2.50. The third-order valence-electron chi connectivity index (χ3n) is 8.05. The fourth-order valence-corrected chi connectivity index (χ4v) is 7.17. The molecule has 2 aliphatic rings. The molecule has 0 spiro atoms. The molecule has 2 unspecified atom stereocenters. The highest BCUT2D eigenvalue weighted by atomic mass is 31.2. The van der Waals surface area contributed by atoms with Gasteiger partial charge in [-0.2, -0.15) is 15.1 Å². The lowest BCUT2D eigenvalue weighted by molar-refractivity contribution is -0.152. The molecule has 0 bridgehead atoms. The first-order valence-corrected chi connectivity index (χ1v) is 16.7. The topological polar surface area (TPSA) is 202 Å². The third-order valence-corrected chi connectivity index (χ3v) is 9.68. The van der Waals surface area contributed by atoms with Crippen LogP contribution in [0.15, 0.2) is 36.7 Å². The van der Waals surface area contributed by atoms with Crippen LogP contribution in [-0.4, -0.2) is 85.0 Å². The number of esters is 1. The number of aliphatic hydroxyl groups is 2. The molecule has 1 aromatic carbocycles.